The van der Waals surface area contributed by atoms with E-state index in [1.54, 1.807) is 6.92 Å². The van der Waals surface area contributed by atoms with Gasteiger partial charge in [-0.15, -0.1) is 0 Å². The van der Waals surface area contributed by atoms with Crippen LogP contribution in [0.1, 0.15) is 27.2 Å². The second kappa shape index (κ2) is 7.56. The van der Waals surface area contributed by atoms with Crippen molar-refractivity contribution in [3.63, 3.8) is 0 Å². The van der Waals surface area contributed by atoms with Gasteiger partial charge in [-0.05, 0) is 49.2 Å². The van der Waals surface area contributed by atoms with Crippen molar-refractivity contribution in [1.82, 2.24) is 9.97 Å². The number of nitrogens with one attached hydrogen (secondary N) is 2. The van der Waals surface area contributed by atoms with E-state index in [1.807, 2.05) is 49.4 Å². The second-order valence-corrected chi connectivity index (χ2v) is 6.56. The molecule has 0 atom stereocenters. The monoisotopic (exact) mass is 376 g/mol. The molecule has 7 nitrogen and oxygen atoms in total. The number of carbonyl (C=O) groups is 1. The highest BCUT2D eigenvalue weighted by Gasteiger charge is 2.14. The fraction of sp³-hybridized carbons (Fsp3) is 0.190. The summed E-state index contributed by atoms with van der Waals surface area (Å²) in [5.41, 5.74) is 3.89. The molecule has 0 bridgehead atoms. The van der Waals surface area contributed by atoms with Gasteiger partial charge < -0.3 is 20.1 Å². The van der Waals surface area contributed by atoms with Crippen LogP contribution in [0.15, 0.2) is 48.7 Å². The smallest absolute Gasteiger partial charge is 0.259 e. The molecule has 2 N–H and O–H groups in total. The summed E-state index contributed by atoms with van der Waals surface area (Å²) in [7, 11) is 0. The predicted molar refractivity (Wildman–Crippen MR) is 106 cm³/mol. The zero-order chi connectivity index (χ0) is 19.5. The maximum Gasteiger partial charge on any atom is 0.259 e. The number of rotatable bonds is 5. The summed E-state index contributed by atoms with van der Waals surface area (Å²) in [6.45, 7) is 4.55. The fourth-order valence-electron chi connectivity index (χ4n) is 2.93. The minimum atomic E-state index is -0.231. The molecular formula is C21H20N4O3. The van der Waals surface area contributed by atoms with E-state index in [4.69, 9.17) is 9.47 Å². The van der Waals surface area contributed by atoms with Crippen LogP contribution in [0.3, 0.4) is 0 Å². The van der Waals surface area contributed by atoms with Gasteiger partial charge in [0, 0.05) is 18.4 Å². The lowest BCUT2D eigenvalue weighted by atomic mass is 10.2. The normalized spacial score (nSPS) is 11.9. The van der Waals surface area contributed by atoms with Crippen LogP contribution in [0.25, 0.3) is 0 Å². The van der Waals surface area contributed by atoms with Gasteiger partial charge in [-0.2, -0.15) is 0 Å². The number of hydrogen-bond acceptors (Lipinski definition) is 6. The molecule has 0 spiro atoms. The Hall–Kier alpha value is -3.61. The van der Waals surface area contributed by atoms with E-state index in [0.717, 1.165) is 28.3 Å². The molecule has 7 heteroatoms. The lowest BCUT2D eigenvalue weighted by Gasteiger charge is -2.10. The summed E-state index contributed by atoms with van der Waals surface area (Å²) in [6.07, 6.45) is 1.54. The summed E-state index contributed by atoms with van der Waals surface area (Å²) < 4.78 is 10.7. The lowest BCUT2D eigenvalue weighted by Crippen LogP contribution is -2.15. The molecule has 0 saturated carbocycles. The summed E-state index contributed by atoms with van der Waals surface area (Å²) in [5, 5.41) is 6.04. The molecule has 2 heterocycles. The lowest BCUT2D eigenvalue weighted by molar-refractivity contribution is 0.102. The van der Waals surface area contributed by atoms with Crippen LogP contribution in [0.2, 0.25) is 0 Å². The van der Waals surface area contributed by atoms with Crippen molar-refractivity contribution < 1.29 is 14.3 Å². The molecule has 0 radical (unpaired) electrons. The highest BCUT2D eigenvalue weighted by atomic mass is 16.7. The molecule has 3 aromatic rings. The van der Waals surface area contributed by atoms with Crippen LogP contribution in [0.5, 0.6) is 11.5 Å². The van der Waals surface area contributed by atoms with Crippen LogP contribution < -0.4 is 20.1 Å². The molecule has 142 valence electrons. The SMILES string of the molecule is Cc1cccc(NC(=O)c2cnc(NCc3ccc4c(c3)OCO4)nc2C)c1. The van der Waals surface area contributed by atoms with E-state index in [-0.39, 0.29) is 12.7 Å². The highest BCUT2D eigenvalue weighted by Crippen LogP contribution is 2.32. The van der Waals surface area contributed by atoms with E-state index < -0.39 is 0 Å². The Morgan fingerprint density at radius 1 is 1.11 bits per heavy atom. The van der Waals surface area contributed by atoms with E-state index in [9.17, 15) is 4.79 Å². The predicted octanol–water partition coefficient (Wildman–Crippen LogP) is 3.69. The van der Waals surface area contributed by atoms with E-state index in [1.165, 1.54) is 6.20 Å². The number of hydrogen-bond donors (Lipinski definition) is 2. The summed E-state index contributed by atoms with van der Waals surface area (Å²) in [4.78, 5) is 21.2. The summed E-state index contributed by atoms with van der Waals surface area (Å²) in [6, 6.07) is 13.4. The highest BCUT2D eigenvalue weighted by molar-refractivity contribution is 6.04. The zero-order valence-electron chi connectivity index (χ0n) is 15.7. The van der Waals surface area contributed by atoms with Gasteiger partial charge in [0.2, 0.25) is 12.7 Å². The third-order valence-corrected chi connectivity index (χ3v) is 4.39. The molecule has 2 aromatic carbocycles. The van der Waals surface area contributed by atoms with Crippen molar-refractivity contribution in [2.24, 2.45) is 0 Å². The first-order valence-electron chi connectivity index (χ1n) is 8.92. The van der Waals surface area contributed by atoms with Gasteiger partial charge in [-0.3, -0.25) is 4.79 Å². The van der Waals surface area contributed by atoms with Gasteiger partial charge in [-0.25, -0.2) is 9.97 Å². The first-order valence-corrected chi connectivity index (χ1v) is 8.92. The average molecular weight is 376 g/mol. The number of carbonyl (C=O) groups excluding carboxylic acids is 1. The summed E-state index contributed by atoms with van der Waals surface area (Å²) >= 11 is 0. The second-order valence-electron chi connectivity index (χ2n) is 6.56. The van der Waals surface area contributed by atoms with Gasteiger partial charge in [0.25, 0.3) is 5.91 Å². The van der Waals surface area contributed by atoms with Crippen molar-refractivity contribution >= 4 is 17.5 Å². The molecule has 0 aliphatic carbocycles. The number of ether oxygens (including phenoxy) is 2. The topological polar surface area (TPSA) is 85.4 Å². The number of aromatic nitrogens is 2. The molecule has 1 aliphatic rings. The van der Waals surface area contributed by atoms with E-state index in [2.05, 4.69) is 20.6 Å². The Kier molecular flexibility index (Phi) is 4.80. The first kappa shape index (κ1) is 17.8. The Labute approximate surface area is 162 Å². The summed E-state index contributed by atoms with van der Waals surface area (Å²) in [5.74, 6) is 1.71. The standard InChI is InChI=1S/C21H20N4O3/c1-13-4-3-5-16(8-13)25-20(26)17-11-23-21(24-14(17)2)22-10-15-6-7-18-19(9-15)28-12-27-18/h3-9,11H,10,12H2,1-2H3,(H,25,26)(H,22,23,24). The number of fused-ring (bicyclic) bond motifs is 1. The van der Waals surface area contributed by atoms with Gasteiger partial charge in [0.15, 0.2) is 11.5 Å². The quantitative estimate of drug-likeness (QED) is 0.706. The number of aryl methyl sites for hydroxylation is 2. The zero-order valence-corrected chi connectivity index (χ0v) is 15.7. The van der Waals surface area contributed by atoms with Gasteiger partial charge >= 0.3 is 0 Å². The van der Waals surface area contributed by atoms with Crippen molar-refractivity contribution in [3.8, 4) is 11.5 Å². The average Bonchev–Trinajstić information content (AvgIpc) is 3.14. The number of anilines is 2. The van der Waals surface area contributed by atoms with Crippen molar-refractivity contribution in [3.05, 3.63) is 71.0 Å². The number of benzene rings is 2. The molecule has 4 rings (SSSR count). The number of nitrogens with zero attached hydrogens (tertiary/aromatic N) is 2. The van der Waals surface area contributed by atoms with Crippen LogP contribution in [-0.4, -0.2) is 22.7 Å². The Morgan fingerprint density at radius 3 is 2.79 bits per heavy atom. The fourth-order valence-corrected chi connectivity index (χ4v) is 2.93. The van der Waals surface area contributed by atoms with E-state index in [0.29, 0.717) is 23.8 Å². The first-order chi connectivity index (χ1) is 13.6. The van der Waals surface area contributed by atoms with Crippen molar-refractivity contribution in [2.45, 2.75) is 20.4 Å². The molecule has 1 aromatic heterocycles. The Bertz CT molecular complexity index is 1040. The largest absolute Gasteiger partial charge is 0.454 e. The minimum absolute atomic E-state index is 0.231. The molecule has 1 amide bonds. The third kappa shape index (κ3) is 3.88. The maximum atomic E-state index is 12.5. The third-order valence-electron chi connectivity index (χ3n) is 4.39. The molecule has 1 aliphatic heterocycles. The van der Waals surface area contributed by atoms with Gasteiger partial charge in [0.05, 0.1) is 11.3 Å². The number of amides is 1. The Balaban J connectivity index is 1.41. The van der Waals surface area contributed by atoms with Crippen LogP contribution in [-0.2, 0) is 6.54 Å². The van der Waals surface area contributed by atoms with Crippen LogP contribution >= 0.6 is 0 Å². The molecule has 28 heavy (non-hydrogen) atoms. The molecular weight excluding hydrogens is 356 g/mol. The van der Waals surface area contributed by atoms with Crippen molar-refractivity contribution in [2.75, 3.05) is 17.4 Å². The molecule has 0 unspecified atom stereocenters. The van der Waals surface area contributed by atoms with Gasteiger partial charge in [-0.1, -0.05) is 18.2 Å². The Morgan fingerprint density at radius 2 is 1.96 bits per heavy atom. The molecule has 0 fully saturated rings. The van der Waals surface area contributed by atoms with Crippen molar-refractivity contribution in [1.29, 1.82) is 0 Å². The molecule has 0 saturated heterocycles. The minimum Gasteiger partial charge on any atom is -0.454 e. The van der Waals surface area contributed by atoms with Crippen LogP contribution in [0, 0.1) is 13.8 Å². The van der Waals surface area contributed by atoms with Crippen LogP contribution in [0.4, 0.5) is 11.6 Å². The van der Waals surface area contributed by atoms with Gasteiger partial charge in [0.1, 0.15) is 0 Å². The van der Waals surface area contributed by atoms with E-state index >= 15 is 0 Å². The maximum absolute atomic E-state index is 12.5.